The van der Waals surface area contributed by atoms with E-state index in [4.69, 9.17) is 0 Å². The minimum atomic E-state index is 0.128. The first-order valence-corrected chi connectivity index (χ1v) is 6.13. The summed E-state index contributed by atoms with van der Waals surface area (Å²) in [5, 5.41) is 6.26. The van der Waals surface area contributed by atoms with Crippen molar-refractivity contribution in [3.63, 3.8) is 0 Å². The summed E-state index contributed by atoms with van der Waals surface area (Å²) < 4.78 is 0. The van der Waals surface area contributed by atoms with Crippen molar-refractivity contribution >= 4 is 5.91 Å². The number of rotatable bonds is 7. The first kappa shape index (κ1) is 12.5. The highest BCUT2D eigenvalue weighted by Crippen LogP contribution is 2.33. The van der Waals surface area contributed by atoms with Crippen molar-refractivity contribution in [3.8, 4) is 0 Å². The van der Waals surface area contributed by atoms with Crippen molar-refractivity contribution in [2.75, 3.05) is 13.1 Å². The largest absolute Gasteiger partial charge is 0.355 e. The molecule has 1 amide bonds. The minimum Gasteiger partial charge on any atom is -0.355 e. The van der Waals surface area contributed by atoms with Crippen molar-refractivity contribution in [1.82, 2.24) is 10.6 Å². The van der Waals surface area contributed by atoms with Gasteiger partial charge in [-0.25, -0.2) is 0 Å². The molecule has 2 N–H and O–H groups in total. The lowest BCUT2D eigenvalue weighted by Crippen LogP contribution is -2.40. The standard InChI is InChI=1S/C12H24N2O/c1-4-11(10-5-6-10)13-8-12(15)14-7-9(2)3/h9-11,13H,4-8H2,1-3H3,(H,14,15). The fourth-order valence-corrected chi connectivity index (χ4v) is 1.75. The number of carbonyl (C=O) groups excluding carboxylic acids is 1. The van der Waals surface area contributed by atoms with Crippen molar-refractivity contribution in [1.29, 1.82) is 0 Å². The molecular weight excluding hydrogens is 188 g/mol. The van der Waals surface area contributed by atoms with Gasteiger partial charge in [-0.2, -0.15) is 0 Å². The van der Waals surface area contributed by atoms with Gasteiger partial charge in [0.2, 0.25) is 5.91 Å². The summed E-state index contributed by atoms with van der Waals surface area (Å²) in [6.07, 6.45) is 3.79. The zero-order valence-electron chi connectivity index (χ0n) is 10.2. The second kappa shape index (κ2) is 6.11. The first-order chi connectivity index (χ1) is 7.13. The lowest BCUT2D eigenvalue weighted by Gasteiger charge is -2.16. The van der Waals surface area contributed by atoms with Crippen LogP contribution in [0.3, 0.4) is 0 Å². The Labute approximate surface area is 93.0 Å². The van der Waals surface area contributed by atoms with Crippen molar-refractivity contribution in [2.24, 2.45) is 11.8 Å². The van der Waals surface area contributed by atoms with Crippen LogP contribution in [-0.4, -0.2) is 25.0 Å². The first-order valence-electron chi connectivity index (χ1n) is 6.13. The summed E-state index contributed by atoms with van der Waals surface area (Å²) in [6.45, 7) is 7.64. The second-order valence-electron chi connectivity index (χ2n) is 4.93. The van der Waals surface area contributed by atoms with E-state index < -0.39 is 0 Å². The summed E-state index contributed by atoms with van der Waals surface area (Å²) in [6, 6.07) is 0.551. The molecule has 1 fully saturated rings. The molecule has 15 heavy (non-hydrogen) atoms. The fraction of sp³-hybridized carbons (Fsp3) is 0.917. The highest BCUT2D eigenvalue weighted by Gasteiger charge is 2.29. The Morgan fingerprint density at radius 2 is 2.07 bits per heavy atom. The lowest BCUT2D eigenvalue weighted by atomic mass is 10.1. The molecule has 1 atom stereocenters. The topological polar surface area (TPSA) is 41.1 Å². The molecule has 0 aliphatic heterocycles. The van der Waals surface area contributed by atoms with Gasteiger partial charge >= 0.3 is 0 Å². The molecule has 1 rings (SSSR count). The quantitative estimate of drug-likeness (QED) is 0.672. The fourth-order valence-electron chi connectivity index (χ4n) is 1.75. The predicted octanol–water partition coefficient (Wildman–Crippen LogP) is 1.54. The van der Waals surface area contributed by atoms with E-state index >= 15 is 0 Å². The third kappa shape index (κ3) is 5.17. The van der Waals surface area contributed by atoms with E-state index in [-0.39, 0.29) is 5.91 Å². The summed E-state index contributed by atoms with van der Waals surface area (Å²) in [5.74, 6) is 1.48. The van der Waals surface area contributed by atoms with E-state index in [1.165, 1.54) is 12.8 Å². The normalized spacial score (nSPS) is 17.9. The van der Waals surface area contributed by atoms with Gasteiger partial charge in [0.25, 0.3) is 0 Å². The molecule has 1 aliphatic carbocycles. The molecule has 1 saturated carbocycles. The SMILES string of the molecule is CCC(NCC(=O)NCC(C)C)C1CC1. The van der Waals surface area contributed by atoms with Crippen LogP contribution in [0.4, 0.5) is 0 Å². The lowest BCUT2D eigenvalue weighted by molar-refractivity contribution is -0.120. The molecular formula is C12H24N2O. The molecule has 1 aliphatic rings. The van der Waals surface area contributed by atoms with Gasteiger partial charge in [-0.05, 0) is 31.1 Å². The van der Waals surface area contributed by atoms with Gasteiger partial charge in [0, 0.05) is 12.6 Å². The number of hydrogen-bond donors (Lipinski definition) is 2. The van der Waals surface area contributed by atoms with Crippen LogP contribution in [0.25, 0.3) is 0 Å². The molecule has 88 valence electrons. The van der Waals surface area contributed by atoms with Crippen LogP contribution in [0.1, 0.15) is 40.0 Å². The summed E-state index contributed by atoms with van der Waals surface area (Å²) in [4.78, 5) is 11.4. The maximum absolute atomic E-state index is 11.4. The minimum absolute atomic E-state index is 0.128. The number of nitrogens with one attached hydrogen (secondary N) is 2. The summed E-state index contributed by atoms with van der Waals surface area (Å²) >= 11 is 0. The molecule has 0 aromatic carbocycles. The molecule has 1 unspecified atom stereocenters. The van der Waals surface area contributed by atoms with E-state index in [0.717, 1.165) is 18.9 Å². The Morgan fingerprint density at radius 3 is 2.53 bits per heavy atom. The van der Waals surface area contributed by atoms with Crippen molar-refractivity contribution < 1.29 is 4.79 Å². The second-order valence-corrected chi connectivity index (χ2v) is 4.93. The van der Waals surface area contributed by atoms with Crippen LogP contribution in [0, 0.1) is 11.8 Å². The van der Waals surface area contributed by atoms with Gasteiger partial charge in [0.05, 0.1) is 6.54 Å². The average Bonchev–Trinajstić information content (AvgIpc) is 2.99. The number of hydrogen-bond acceptors (Lipinski definition) is 2. The Kier molecular flexibility index (Phi) is 5.09. The third-order valence-electron chi connectivity index (χ3n) is 2.86. The molecule has 3 nitrogen and oxygen atoms in total. The maximum atomic E-state index is 11.4. The highest BCUT2D eigenvalue weighted by atomic mass is 16.1. The number of amides is 1. The van der Waals surface area contributed by atoms with Gasteiger partial charge in [-0.15, -0.1) is 0 Å². The molecule has 0 heterocycles. The monoisotopic (exact) mass is 212 g/mol. The van der Waals surface area contributed by atoms with Crippen molar-refractivity contribution in [3.05, 3.63) is 0 Å². The maximum Gasteiger partial charge on any atom is 0.233 e. The molecule has 3 heteroatoms. The molecule has 0 saturated heterocycles. The van der Waals surface area contributed by atoms with E-state index in [1.807, 2.05) is 0 Å². The smallest absolute Gasteiger partial charge is 0.233 e. The van der Waals surface area contributed by atoms with Gasteiger partial charge < -0.3 is 10.6 Å². The molecule has 0 aromatic heterocycles. The Morgan fingerprint density at radius 1 is 1.40 bits per heavy atom. The Hall–Kier alpha value is -0.570. The summed E-state index contributed by atoms with van der Waals surface area (Å²) in [7, 11) is 0. The zero-order chi connectivity index (χ0) is 11.3. The van der Waals surface area contributed by atoms with E-state index in [2.05, 4.69) is 31.4 Å². The molecule has 0 radical (unpaired) electrons. The Bertz CT molecular complexity index is 200. The Balaban J connectivity index is 2.09. The average molecular weight is 212 g/mol. The summed E-state index contributed by atoms with van der Waals surface area (Å²) in [5.41, 5.74) is 0. The van der Waals surface area contributed by atoms with Crippen LogP contribution >= 0.6 is 0 Å². The zero-order valence-corrected chi connectivity index (χ0v) is 10.2. The molecule has 0 bridgehead atoms. The third-order valence-corrected chi connectivity index (χ3v) is 2.86. The van der Waals surface area contributed by atoms with Crippen LogP contribution in [0.5, 0.6) is 0 Å². The van der Waals surface area contributed by atoms with Crippen LogP contribution in [0.15, 0.2) is 0 Å². The number of carbonyl (C=O) groups is 1. The van der Waals surface area contributed by atoms with Crippen LogP contribution < -0.4 is 10.6 Å². The van der Waals surface area contributed by atoms with Gasteiger partial charge in [0.1, 0.15) is 0 Å². The van der Waals surface area contributed by atoms with Gasteiger partial charge in [-0.1, -0.05) is 20.8 Å². The van der Waals surface area contributed by atoms with E-state index in [1.54, 1.807) is 0 Å². The van der Waals surface area contributed by atoms with Crippen LogP contribution in [-0.2, 0) is 4.79 Å². The molecule has 0 aromatic rings. The van der Waals surface area contributed by atoms with Crippen molar-refractivity contribution in [2.45, 2.75) is 46.1 Å². The van der Waals surface area contributed by atoms with Crippen LogP contribution in [0.2, 0.25) is 0 Å². The van der Waals surface area contributed by atoms with Gasteiger partial charge in [-0.3, -0.25) is 4.79 Å². The predicted molar refractivity (Wildman–Crippen MR) is 62.7 cm³/mol. The highest BCUT2D eigenvalue weighted by molar-refractivity contribution is 5.78. The molecule has 0 spiro atoms. The van der Waals surface area contributed by atoms with E-state index in [9.17, 15) is 4.79 Å². The van der Waals surface area contributed by atoms with Gasteiger partial charge in [0.15, 0.2) is 0 Å². The van der Waals surface area contributed by atoms with E-state index in [0.29, 0.717) is 18.5 Å².